The zero-order chi connectivity index (χ0) is 15.0. The standard InChI is InChI=1S/C16H15NO3S/c1-10-13-6-8-21-14(13)5-7-17(10)15(18)11-3-2-4-12(9-11)16(19)20/h2-4,6,8-10H,5,7H2,1H3,(H,19,20). The highest BCUT2D eigenvalue weighted by Crippen LogP contribution is 2.33. The smallest absolute Gasteiger partial charge is 0.335 e. The lowest BCUT2D eigenvalue weighted by Crippen LogP contribution is -2.38. The molecule has 3 rings (SSSR count). The lowest BCUT2D eigenvalue weighted by molar-refractivity contribution is 0.0679. The van der Waals surface area contributed by atoms with Crippen molar-refractivity contribution in [3.8, 4) is 0 Å². The van der Waals surface area contributed by atoms with Gasteiger partial charge in [-0.05, 0) is 48.6 Å². The quantitative estimate of drug-likeness (QED) is 0.926. The molecule has 1 aliphatic heterocycles. The molecule has 5 heteroatoms. The summed E-state index contributed by atoms with van der Waals surface area (Å²) in [5, 5.41) is 11.1. The van der Waals surface area contributed by atoms with Gasteiger partial charge < -0.3 is 10.0 Å². The highest BCUT2D eigenvalue weighted by molar-refractivity contribution is 7.10. The number of amides is 1. The van der Waals surface area contributed by atoms with Gasteiger partial charge >= 0.3 is 5.97 Å². The highest BCUT2D eigenvalue weighted by atomic mass is 32.1. The van der Waals surface area contributed by atoms with Gasteiger partial charge in [0.2, 0.25) is 0 Å². The van der Waals surface area contributed by atoms with Crippen molar-refractivity contribution in [3.63, 3.8) is 0 Å². The fourth-order valence-electron chi connectivity index (χ4n) is 2.74. The minimum absolute atomic E-state index is 0.0287. The predicted octanol–water partition coefficient (Wildman–Crippen LogP) is 3.21. The van der Waals surface area contributed by atoms with Gasteiger partial charge in [0, 0.05) is 17.0 Å². The van der Waals surface area contributed by atoms with Gasteiger partial charge in [0.15, 0.2) is 0 Å². The number of fused-ring (bicyclic) bond motifs is 1. The molecule has 1 amide bonds. The number of hydrogen-bond donors (Lipinski definition) is 1. The Labute approximate surface area is 126 Å². The van der Waals surface area contributed by atoms with E-state index in [2.05, 4.69) is 11.4 Å². The van der Waals surface area contributed by atoms with Crippen LogP contribution in [0.4, 0.5) is 0 Å². The molecule has 1 aliphatic rings. The summed E-state index contributed by atoms with van der Waals surface area (Å²) >= 11 is 1.73. The highest BCUT2D eigenvalue weighted by Gasteiger charge is 2.29. The number of benzene rings is 1. The molecule has 21 heavy (non-hydrogen) atoms. The van der Waals surface area contributed by atoms with E-state index in [9.17, 15) is 9.59 Å². The molecule has 0 saturated heterocycles. The molecular weight excluding hydrogens is 286 g/mol. The maximum absolute atomic E-state index is 12.7. The molecule has 0 radical (unpaired) electrons. The second kappa shape index (κ2) is 5.33. The van der Waals surface area contributed by atoms with Crippen molar-refractivity contribution in [1.82, 2.24) is 4.90 Å². The van der Waals surface area contributed by atoms with Gasteiger partial charge in [-0.3, -0.25) is 4.79 Å². The molecule has 108 valence electrons. The van der Waals surface area contributed by atoms with Crippen molar-refractivity contribution in [3.05, 3.63) is 57.3 Å². The molecule has 0 aliphatic carbocycles. The van der Waals surface area contributed by atoms with Crippen LogP contribution in [0.15, 0.2) is 35.7 Å². The van der Waals surface area contributed by atoms with Gasteiger partial charge in [0.1, 0.15) is 0 Å². The lowest BCUT2D eigenvalue weighted by Gasteiger charge is -2.33. The number of thiophene rings is 1. The van der Waals surface area contributed by atoms with Crippen LogP contribution in [0, 0.1) is 0 Å². The van der Waals surface area contributed by atoms with E-state index < -0.39 is 5.97 Å². The Morgan fingerprint density at radius 2 is 2.05 bits per heavy atom. The normalized spacial score (nSPS) is 17.4. The van der Waals surface area contributed by atoms with Crippen LogP contribution in [0.2, 0.25) is 0 Å². The molecule has 0 saturated carbocycles. The minimum atomic E-state index is -1.02. The van der Waals surface area contributed by atoms with Crippen molar-refractivity contribution in [2.45, 2.75) is 19.4 Å². The number of rotatable bonds is 2. The van der Waals surface area contributed by atoms with E-state index in [4.69, 9.17) is 5.11 Å². The Kier molecular flexibility index (Phi) is 3.51. The van der Waals surface area contributed by atoms with Crippen LogP contribution in [-0.2, 0) is 6.42 Å². The first-order chi connectivity index (χ1) is 10.1. The van der Waals surface area contributed by atoms with E-state index in [-0.39, 0.29) is 17.5 Å². The number of carboxylic acid groups (broad SMARTS) is 1. The summed E-state index contributed by atoms with van der Waals surface area (Å²) in [6.07, 6.45) is 0.863. The lowest BCUT2D eigenvalue weighted by atomic mass is 10.00. The average Bonchev–Trinajstić information content (AvgIpc) is 2.96. The molecule has 1 N–H and O–H groups in total. The van der Waals surface area contributed by atoms with E-state index >= 15 is 0 Å². The molecule has 1 aromatic carbocycles. The Morgan fingerprint density at radius 3 is 2.81 bits per heavy atom. The molecule has 1 aromatic heterocycles. The van der Waals surface area contributed by atoms with Gasteiger partial charge in [0.25, 0.3) is 5.91 Å². The van der Waals surface area contributed by atoms with Gasteiger partial charge in [-0.2, -0.15) is 0 Å². The summed E-state index contributed by atoms with van der Waals surface area (Å²) < 4.78 is 0. The molecule has 1 unspecified atom stereocenters. The Morgan fingerprint density at radius 1 is 1.29 bits per heavy atom. The summed E-state index contributed by atoms with van der Waals surface area (Å²) in [5.74, 6) is -1.13. The summed E-state index contributed by atoms with van der Waals surface area (Å²) in [6.45, 7) is 2.69. The van der Waals surface area contributed by atoms with Crippen molar-refractivity contribution in [1.29, 1.82) is 0 Å². The first-order valence-corrected chi connectivity index (χ1v) is 7.66. The molecule has 0 bridgehead atoms. The minimum Gasteiger partial charge on any atom is -0.478 e. The van der Waals surface area contributed by atoms with Crippen molar-refractivity contribution in [2.24, 2.45) is 0 Å². The fourth-order valence-corrected chi connectivity index (χ4v) is 3.70. The summed E-state index contributed by atoms with van der Waals surface area (Å²) in [6, 6.07) is 8.32. The third kappa shape index (κ3) is 2.45. The number of carbonyl (C=O) groups excluding carboxylic acids is 1. The van der Waals surface area contributed by atoms with Gasteiger partial charge in [0.05, 0.1) is 11.6 Å². The Balaban J connectivity index is 1.89. The number of nitrogens with zero attached hydrogens (tertiary/aromatic N) is 1. The molecule has 1 atom stereocenters. The second-order valence-electron chi connectivity index (χ2n) is 5.11. The molecular formula is C16H15NO3S. The monoisotopic (exact) mass is 301 g/mol. The third-order valence-corrected chi connectivity index (χ3v) is 4.89. The predicted molar refractivity (Wildman–Crippen MR) is 80.9 cm³/mol. The molecule has 0 fully saturated rings. The van der Waals surface area contributed by atoms with Crippen molar-refractivity contribution in [2.75, 3.05) is 6.54 Å². The average molecular weight is 301 g/mol. The second-order valence-corrected chi connectivity index (χ2v) is 6.11. The SMILES string of the molecule is CC1c2ccsc2CCN1C(=O)c1cccc(C(=O)O)c1. The van der Waals surface area contributed by atoms with E-state index in [0.29, 0.717) is 12.1 Å². The number of hydrogen-bond acceptors (Lipinski definition) is 3. The summed E-state index contributed by atoms with van der Waals surface area (Å²) in [7, 11) is 0. The zero-order valence-corrected chi connectivity index (χ0v) is 12.4. The largest absolute Gasteiger partial charge is 0.478 e. The number of aromatic carboxylic acids is 1. The van der Waals surface area contributed by atoms with Crippen LogP contribution >= 0.6 is 11.3 Å². The van der Waals surface area contributed by atoms with E-state index in [1.165, 1.54) is 22.6 Å². The van der Waals surface area contributed by atoms with Crippen molar-refractivity contribution < 1.29 is 14.7 Å². The maximum atomic E-state index is 12.7. The van der Waals surface area contributed by atoms with Crippen molar-refractivity contribution >= 4 is 23.2 Å². The zero-order valence-electron chi connectivity index (χ0n) is 11.6. The van der Waals surface area contributed by atoms with Gasteiger partial charge in [-0.25, -0.2) is 4.79 Å². The third-order valence-electron chi connectivity index (χ3n) is 3.89. The summed E-state index contributed by atoms with van der Waals surface area (Å²) in [4.78, 5) is 26.8. The molecule has 2 heterocycles. The fraction of sp³-hybridized carbons (Fsp3) is 0.250. The topological polar surface area (TPSA) is 57.6 Å². The van der Waals surface area contributed by atoms with Gasteiger partial charge in [-0.1, -0.05) is 6.07 Å². The van der Waals surface area contributed by atoms with Crippen LogP contribution in [0.5, 0.6) is 0 Å². The van der Waals surface area contributed by atoms with Crippen LogP contribution in [0.1, 0.15) is 44.1 Å². The van der Waals surface area contributed by atoms with Crippen LogP contribution in [0.25, 0.3) is 0 Å². The maximum Gasteiger partial charge on any atom is 0.335 e. The molecule has 0 spiro atoms. The first kappa shape index (κ1) is 13.8. The van der Waals surface area contributed by atoms with Crippen LogP contribution in [-0.4, -0.2) is 28.4 Å². The van der Waals surface area contributed by atoms with E-state index in [1.54, 1.807) is 23.5 Å². The van der Waals surface area contributed by atoms with Crippen LogP contribution in [0.3, 0.4) is 0 Å². The Hall–Kier alpha value is -2.14. The first-order valence-electron chi connectivity index (χ1n) is 6.78. The molecule has 4 nitrogen and oxygen atoms in total. The summed E-state index contributed by atoms with van der Waals surface area (Å²) in [5.41, 5.74) is 1.77. The van der Waals surface area contributed by atoms with Crippen LogP contribution < -0.4 is 0 Å². The number of carboxylic acids is 1. The molecule has 2 aromatic rings. The number of carbonyl (C=O) groups is 2. The van der Waals surface area contributed by atoms with Gasteiger partial charge in [-0.15, -0.1) is 11.3 Å². The van der Waals surface area contributed by atoms with E-state index in [1.807, 2.05) is 11.8 Å². The Bertz CT molecular complexity index is 707. The van der Waals surface area contributed by atoms with E-state index in [0.717, 1.165) is 6.42 Å².